The van der Waals surface area contributed by atoms with E-state index >= 15 is 0 Å². The molecule has 0 spiro atoms. The first kappa shape index (κ1) is 28.6. The Bertz CT molecular complexity index is 1380. The van der Waals surface area contributed by atoms with Crippen molar-refractivity contribution >= 4 is 17.5 Å². The van der Waals surface area contributed by atoms with Crippen LogP contribution in [-0.4, -0.2) is 78.6 Å². The van der Waals surface area contributed by atoms with Gasteiger partial charge in [0.15, 0.2) is 11.5 Å². The van der Waals surface area contributed by atoms with Gasteiger partial charge in [0.1, 0.15) is 5.84 Å². The minimum Gasteiger partial charge on any atom is -0.478 e. The van der Waals surface area contributed by atoms with E-state index in [9.17, 15) is 9.90 Å². The largest absolute Gasteiger partial charge is 0.478 e. The number of carbonyl (C=O) groups is 1. The number of hydrogen-bond acceptors (Lipinski definition) is 7. The smallest absolute Gasteiger partial charge is 0.335 e. The molecular formula is C32H38N4O5. The molecule has 0 radical (unpaired) electrons. The molecule has 41 heavy (non-hydrogen) atoms. The lowest BCUT2D eigenvalue weighted by atomic mass is 9.88. The average Bonchev–Trinajstić information content (AvgIpc) is 3.34. The number of pyridine rings is 1. The highest BCUT2D eigenvalue weighted by Crippen LogP contribution is 2.49. The third kappa shape index (κ3) is 6.52. The van der Waals surface area contributed by atoms with Gasteiger partial charge < -0.3 is 24.2 Å². The monoisotopic (exact) mass is 558 g/mol. The van der Waals surface area contributed by atoms with Crippen LogP contribution in [0.2, 0.25) is 0 Å². The Morgan fingerprint density at radius 3 is 2.56 bits per heavy atom. The number of carboxylic acids is 1. The normalized spacial score (nSPS) is 19.4. The fraction of sp³-hybridized carbons (Fsp3) is 0.406. The van der Waals surface area contributed by atoms with E-state index in [4.69, 9.17) is 19.2 Å². The Morgan fingerprint density at radius 1 is 1.15 bits per heavy atom. The number of nitrogens with zero attached hydrogens (tertiary/aromatic N) is 4. The summed E-state index contributed by atoms with van der Waals surface area (Å²) >= 11 is 0. The molecule has 0 saturated carbocycles. The lowest BCUT2D eigenvalue weighted by molar-refractivity contribution is -0.0688. The summed E-state index contributed by atoms with van der Waals surface area (Å²) in [4.78, 5) is 25.1. The summed E-state index contributed by atoms with van der Waals surface area (Å²) in [5.74, 6) is 1.04. The molecule has 3 heterocycles. The van der Waals surface area contributed by atoms with Gasteiger partial charge in [-0.05, 0) is 81.2 Å². The molecule has 9 heteroatoms. The highest BCUT2D eigenvalue weighted by Gasteiger charge is 2.41. The van der Waals surface area contributed by atoms with Gasteiger partial charge in [-0.2, -0.15) is 0 Å². The molecule has 0 amide bonds. The molecule has 1 atom stereocenters. The number of aliphatic imine (C=N–C) groups is 1. The molecule has 1 saturated heterocycles. The fourth-order valence-corrected chi connectivity index (χ4v) is 5.35. The minimum atomic E-state index is -0.946. The highest BCUT2D eigenvalue weighted by molar-refractivity contribution is 5.89. The number of amidine groups is 1. The minimum absolute atomic E-state index is 0.248. The second kappa shape index (κ2) is 12.3. The van der Waals surface area contributed by atoms with Crippen molar-refractivity contribution in [3.05, 3.63) is 83.2 Å². The molecule has 1 fully saturated rings. The highest BCUT2D eigenvalue weighted by atomic mass is 16.7. The van der Waals surface area contributed by atoms with Crippen molar-refractivity contribution in [1.82, 2.24) is 14.8 Å². The first-order valence-corrected chi connectivity index (χ1v) is 14.0. The first-order valence-electron chi connectivity index (χ1n) is 14.0. The second-order valence-corrected chi connectivity index (χ2v) is 10.9. The predicted molar refractivity (Wildman–Crippen MR) is 157 cm³/mol. The van der Waals surface area contributed by atoms with Gasteiger partial charge in [-0.25, -0.2) is 9.79 Å². The maximum atomic E-state index is 11.2. The van der Waals surface area contributed by atoms with Gasteiger partial charge in [0.25, 0.3) is 5.79 Å². The van der Waals surface area contributed by atoms with Crippen molar-refractivity contribution in [3.63, 3.8) is 0 Å². The molecule has 0 bridgehead atoms. The fourth-order valence-electron chi connectivity index (χ4n) is 5.35. The summed E-state index contributed by atoms with van der Waals surface area (Å²) in [5.41, 5.74) is 4.01. The summed E-state index contributed by atoms with van der Waals surface area (Å²) in [7, 11) is 3.71. The van der Waals surface area contributed by atoms with Crippen molar-refractivity contribution < 1.29 is 24.1 Å². The molecule has 5 rings (SSSR count). The van der Waals surface area contributed by atoms with Crippen LogP contribution in [0.4, 0.5) is 5.69 Å². The van der Waals surface area contributed by atoms with E-state index in [1.807, 2.05) is 51.4 Å². The summed E-state index contributed by atoms with van der Waals surface area (Å²) in [6.07, 6.45) is 3.80. The number of aryl methyl sites for hydroxylation is 1. The summed E-state index contributed by atoms with van der Waals surface area (Å²) < 4.78 is 18.1. The molecule has 2 aliphatic rings. The Morgan fingerprint density at radius 2 is 1.90 bits per heavy atom. The lowest BCUT2D eigenvalue weighted by Crippen LogP contribution is -2.42. The molecule has 9 nitrogen and oxygen atoms in total. The number of ether oxygens (including phenoxy) is 3. The molecular weight excluding hydrogens is 520 g/mol. The van der Waals surface area contributed by atoms with E-state index in [2.05, 4.69) is 20.9 Å². The number of fused-ring (bicyclic) bond motifs is 1. The number of likely N-dealkylation sites (tertiary alicyclic amines) is 1. The first-order chi connectivity index (χ1) is 19.8. The van der Waals surface area contributed by atoms with E-state index in [0.29, 0.717) is 25.6 Å². The Labute approximate surface area is 241 Å². The number of carboxylic acid groups (broad SMARTS) is 1. The van der Waals surface area contributed by atoms with Crippen LogP contribution >= 0.6 is 0 Å². The summed E-state index contributed by atoms with van der Waals surface area (Å²) in [5, 5.41) is 9.22. The van der Waals surface area contributed by atoms with Gasteiger partial charge in [0.2, 0.25) is 0 Å². The summed E-state index contributed by atoms with van der Waals surface area (Å²) in [6, 6.07) is 16.8. The van der Waals surface area contributed by atoms with Crippen LogP contribution in [-0.2, 0) is 10.5 Å². The van der Waals surface area contributed by atoms with Crippen molar-refractivity contribution in [2.45, 2.75) is 38.4 Å². The van der Waals surface area contributed by atoms with Crippen LogP contribution in [0.3, 0.4) is 0 Å². The van der Waals surface area contributed by atoms with Crippen LogP contribution < -0.4 is 9.47 Å². The SMILES string of the molecule is COCCN(C)/C(CN1CCC(c2cccc3c2OC(C)(c2ccc(C)nc2)O3)CC1)=N\c1ccc(C(=O)O)cc1. The number of rotatable bonds is 9. The van der Waals surface area contributed by atoms with Crippen molar-refractivity contribution in [3.8, 4) is 11.5 Å². The van der Waals surface area contributed by atoms with Gasteiger partial charge in [0, 0.05) is 45.1 Å². The molecule has 216 valence electrons. The Kier molecular flexibility index (Phi) is 8.56. The number of piperidine rings is 1. The Balaban J connectivity index is 1.27. The third-order valence-electron chi connectivity index (χ3n) is 7.88. The van der Waals surface area contributed by atoms with Gasteiger partial charge in [0.05, 0.1) is 30.0 Å². The van der Waals surface area contributed by atoms with Crippen molar-refractivity contribution in [2.24, 2.45) is 4.99 Å². The lowest BCUT2D eigenvalue weighted by Gasteiger charge is -2.34. The van der Waals surface area contributed by atoms with Gasteiger partial charge in [-0.15, -0.1) is 0 Å². The molecule has 1 unspecified atom stereocenters. The number of hydrogen-bond donors (Lipinski definition) is 1. The van der Waals surface area contributed by atoms with Crippen LogP contribution in [0.1, 0.15) is 52.9 Å². The standard InChI is InChI=1S/C32H38N4O5/c1-22-8-11-25(20-33-22)32(2)40-28-7-5-6-27(30(28)41-32)23-14-16-36(17-15-23)21-29(35(3)18-19-39-4)34-26-12-9-24(10-13-26)31(37)38/h5-13,20,23H,14-19,21H2,1-4H3,(H,37,38)/b34-29-. The molecule has 3 aromatic rings. The van der Waals surface area contributed by atoms with E-state index in [-0.39, 0.29) is 5.56 Å². The quantitative estimate of drug-likeness (QED) is 0.282. The van der Waals surface area contributed by atoms with Gasteiger partial charge in [-0.1, -0.05) is 12.1 Å². The maximum Gasteiger partial charge on any atom is 0.335 e. The van der Waals surface area contributed by atoms with Crippen LogP contribution in [0.25, 0.3) is 0 Å². The van der Waals surface area contributed by atoms with Crippen LogP contribution in [0.15, 0.2) is 65.8 Å². The topological polar surface area (TPSA) is 96.7 Å². The number of para-hydroxylation sites is 1. The number of methoxy groups -OCH3 is 1. The van der Waals surface area contributed by atoms with Crippen molar-refractivity contribution in [2.75, 3.05) is 46.9 Å². The summed E-state index contributed by atoms with van der Waals surface area (Å²) in [6.45, 7) is 7.75. The third-order valence-corrected chi connectivity index (χ3v) is 7.88. The molecule has 1 aromatic heterocycles. The number of aromatic nitrogens is 1. The van der Waals surface area contributed by atoms with E-state index in [1.54, 1.807) is 31.4 Å². The van der Waals surface area contributed by atoms with E-state index in [1.165, 1.54) is 5.56 Å². The molecule has 0 aliphatic carbocycles. The zero-order valence-electron chi connectivity index (χ0n) is 24.2. The number of likely N-dealkylation sites (N-methyl/N-ethyl adjacent to an activating group) is 1. The van der Waals surface area contributed by atoms with Gasteiger partial charge in [-0.3, -0.25) is 9.88 Å². The second-order valence-electron chi connectivity index (χ2n) is 10.9. The Hall–Kier alpha value is -3.95. The zero-order chi connectivity index (χ0) is 29.0. The molecule has 2 aliphatic heterocycles. The van der Waals surface area contributed by atoms with Crippen molar-refractivity contribution in [1.29, 1.82) is 0 Å². The van der Waals surface area contributed by atoms with Gasteiger partial charge >= 0.3 is 5.97 Å². The van der Waals surface area contributed by atoms with E-state index in [0.717, 1.165) is 60.2 Å². The van der Waals surface area contributed by atoms with E-state index < -0.39 is 11.8 Å². The zero-order valence-corrected chi connectivity index (χ0v) is 24.2. The molecule has 2 aromatic carbocycles. The average molecular weight is 559 g/mol. The predicted octanol–water partition coefficient (Wildman–Crippen LogP) is 5.22. The van der Waals surface area contributed by atoms with Crippen LogP contribution in [0, 0.1) is 6.92 Å². The number of aromatic carboxylic acids is 1. The maximum absolute atomic E-state index is 11.2. The molecule has 1 N–H and O–H groups in total. The number of benzene rings is 2. The van der Waals surface area contributed by atoms with Crippen LogP contribution in [0.5, 0.6) is 11.5 Å².